The number of furan rings is 1. The molecule has 1 heterocycles. The van der Waals surface area contributed by atoms with Crippen LogP contribution in [0.3, 0.4) is 0 Å². The van der Waals surface area contributed by atoms with Crippen molar-refractivity contribution >= 4 is 23.9 Å². The fraction of sp³-hybridized carbons (Fsp3) is 0. The zero-order valence-corrected chi connectivity index (χ0v) is 15.1. The summed E-state index contributed by atoms with van der Waals surface area (Å²) in [6.45, 7) is 0. The van der Waals surface area contributed by atoms with Crippen LogP contribution < -0.4 is 8.92 Å². The Bertz CT molecular complexity index is 959. The van der Waals surface area contributed by atoms with Crippen LogP contribution in [0.4, 0.5) is 0 Å². The second-order valence-electron chi connectivity index (χ2n) is 5.65. The normalized spacial score (nSPS) is 10.7. The van der Waals surface area contributed by atoms with Crippen molar-refractivity contribution in [2.24, 2.45) is 0 Å². The van der Waals surface area contributed by atoms with Crippen LogP contribution in [0.1, 0.15) is 0 Å². The van der Waals surface area contributed by atoms with Gasteiger partial charge in [0.1, 0.15) is 0 Å². The summed E-state index contributed by atoms with van der Waals surface area (Å²) >= 11 is 0.205. The first-order valence-electron chi connectivity index (χ1n) is 8.00. The number of rotatable bonds is 4. The van der Waals surface area contributed by atoms with E-state index in [0.717, 1.165) is 16.9 Å². The van der Waals surface area contributed by atoms with E-state index < -0.39 is 0 Å². The number of benzene rings is 3. The van der Waals surface area contributed by atoms with Crippen LogP contribution in [-0.2, 0) is 0 Å². The standard InChI is InChI=1S/C22H16O2Se/c23-18-11-8-16(9-12-18)20-15-17(21-7-4-14-24-21)10-13-22(20)25-19-5-2-1-3-6-19/h1-15,23H. The molecule has 0 unspecified atom stereocenters. The molecule has 25 heavy (non-hydrogen) atoms. The minimum atomic E-state index is 0.205. The second kappa shape index (κ2) is 7.02. The molecule has 122 valence electrons. The van der Waals surface area contributed by atoms with Gasteiger partial charge in [-0.05, 0) is 0 Å². The molecule has 2 nitrogen and oxygen atoms in total. The molecule has 1 aromatic heterocycles. The Morgan fingerprint density at radius 1 is 0.720 bits per heavy atom. The molecule has 3 aromatic carbocycles. The van der Waals surface area contributed by atoms with Crippen molar-refractivity contribution in [1.82, 2.24) is 0 Å². The van der Waals surface area contributed by atoms with Gasteiger partial charge in [-0.25, -0.2) is 0 Å². The summed E-state index contributed by atoms with van der Waals surface area (Å²) < 4.78 is 8.19. The SMILES string of the molecule is Oc1ccc(-c2cc(-c3ccco3)ccc2[Se]c2ccccc2)cc1. The summed E-state index contributed by atoms with van der Waals surface area (Å²) in [7, 11) is 0. The molecule has 0 saturated carbocycles. The molecule has 0 atom stereocenters. The molecule has 0 aliphatic rings. The van der Waals surface area contributed by atoms with Gasteiger partial charge in [-0.3, -0.25) is 0 Å². The van der Waals surface area contributed by atoms with Gasteiger partial charge in [0.25, 0.3) is 0 Å². The molecule has 4 aromatic rings. The van der Waals surface area contributed by atoms with Crippen LogP contribution in [0.25, 0.3) is 22.5 Å². The van der Waals surface area contributed by atoms with E-state index in [1.165, 1.54) is 14.5 Å². The Morgan fingerprint density at radius 3 is 2.20 bits per heavy atom. The molecule has 0 saturated heterocycles. The van der Waals surface area contributed by atoms with Crippen LogP contribution in [0.2, 0.25) is 0 Å². The topological polar surface area (TPSA) is 33.4 Å². The van der Waals surface area contributed by atoms with Gasteiger partial charge in [0.15, 0.2) is 0 Å². The zero-order valence-electron chi connectivity index (χ0n) is 13.4. The first-order valence-corrected chi connectivity index (χ1v) is 9.71. The third kappa shape index (κ3) is 3.53. The number of phenols is 1. The third-order valence-electron chi connectivity index (χ3n) is 3.93. The number of hydrogen-bond acceptors (Lipinski definition) is 2. The summed E-state index contributed by atoms with van der Waals surface area (Å²) in [6.07, 6.45) is 1.69. The van der Waals surface area contributed by atoms with Crippen molar-refractivity contribution in [2.75, 3.05) is 0 Å². The summed E-state index contributed by atoms with van der Waals surface area (Å²) in [5.74, 6) is 1.14. The van der Waals surface area contributed by atoms with E-state index >= 15 is 0 Å². The average Bonchev–Trinajstić information content (AvgIpc) is 3.18. The second-order valence-corrected chi connectivity index (χ2v) is 7.99. The molecule has 0 fully saturated rings. The van der Waals surface area contributed by atoms with E-state index in [9.17, 15) is 5.11 Å². The maximum absolute atomic E-state index is 9.60. The van der Waals surface area contributed by atoms with Crippen LogP contribution in [0.5, 0.6) is 5.75 Å². The van der Waals surface area contributed by atoms with Crippen molar-refractivity contribution < 1.29 is 9.52 Å². The van der Waals surface area contributed by atoms with E-state index in [0.29, 0.717) is 0 Å². The Morgan fingerprint density at radius 2 is 1.48 bits per heavy atom. The van der Waals surface area contributed by atoms with Crippen LogP contribution in [-0.4, -0.2) is 20.1 Å². The molecule has 0 radical (unpaired) electrons. The fourth-order valence-corrected chi connectivity index (χ4v) is 4.73. The molecular weight excluding hydrogens is 375 g/mol. The van der Waals surface area contributed by atoms with Crippen molar-refractivity contribution in [3.63, 3.8) is 0 Å². The van der Waals surface area contributed by atoms with Crippen LogP contribution >= 0.6 is 0 Å². The van der Waals surface area contributed by atoms with Crippen molar-refractivity contribution in [3.8, 4) is 28.2 Å². The molecule has 0 amide bonds. The van der Waals surface area contributed by atoms with Gasteiger partial charge in [0.05, 0.1) is 0 Å². The Balaban J connectivity index is 1.81. The van der Waals surface area contributed by atoms with E-state index in [-0.39, 0.29) is 20.7 Å². The zero-order chi connectivity index (χ0) is 17.1. The van der Waals surface area contributed by atoms with Crippen molar-refractivity contribution in [2.45, 2.75) is 0 Å². The predicted octanol–water partition coefficient (Wildman–Crippen LogP) is 3.97. The fourth-order valence-electron chi connectivity index (χ4n) is 2.70. The summed E-state index contributed by atoms with van der Waals surface area (Å²) in [4.78, 5) is 0. The maximum atomic E-state index is 9.60. The van der Waals surface area contributed by atoms with E-state index in [1.807, 2.05) is 30.3 Å². The number of hydrogen-bond donors (Lipinski definition) is 1. The molecule has 0 bridgehead atoms. The first-order chi connectivity index (χ1) is 12.3. The van der Waals surface area contributed by atoms with E-state index in [1.54, 1.807) is 18.4 Å². The molecule has 0 aliphatic carbocycles. The van der Waals surface area contributed by atoms with Gasteiger partial charge in [0, 0.05) is 0 Å². The molecule has 1 N–H and O–H groups in total. The Labute approximate surface area is 152 Å². The Hall–Kier alpha value is -2.74. The Kier molecular flexibility index (Phi) is 4.43. The average molecular weight is 391 g/mol. The predicted molar refractivity (Wildman–Crippen MR) is 103 cm³/mol. The van der Waals surface area contributed by atoms with Crippen LogP contribution in [0.15, 0.2) is 95.6 Å². The van der Waals surface area contributed by atoms with Gasteiger partial charge in [-0.2, -0.15) is 0 Å². The van der Waals surface area contributed by atoms with Gasteiger partial charge < -0.3 is 0 Å². The quantitative estimate of drug-likeness (QED) is 0.534. The van der Waals surface area contributed by atoms with Gasteiger partial charge in [0.2, 0.25) is 0 Å². The third-order valence-corrected chi connectivity index (χ3v) is 6.21. The van der Waals surface area contributed by atoms with Crippen molar-refractivity contribution in [3.05, 3.63) is 91.2 Å². The van der Waals surface area contributed by atoms with Gasteiger partial charge >= 0.3 is 153 Å². The van der Waals surface area contributed by atoms with Gasteiger partial charge in [-0.1, -0.05) is 0 Å². The minimum absolute atomic E-state index is 0.205. The first kappa shape index (κ1) is 15.8. The monoisotopic (exact) mass is 392 g/mol. The van der Waals surface area contributed by atoms with Crippen molar-refractivity contribution in [1.29, 1.82) is 0 Å². The molecular formula is C22H16O2Se. The summed E-state index contributed by atoms with van der Waals surface area (Å²) in [5, 5.41) is 9.60. The van der Waals surface area contributed by atoms with Crippen LogP contribution in [0, 0.1) is 0 Å². The number of phenolic OH excluding ortho intramolecular Hbond substituents is 1. The number of aromatic hydroxyl groups is 1. The van der Waals surface area contributed by atoms with Gasteiger partial charge in [-0.15, -0.1) is 0 Å². The molecule has 3 heteroatoms. The molecule has 4 rings (SSSR count). The summed E-state index contributed by atoms with van der Waals surface area (Å²) in [5.41, 5.74) is 3.33. The van der Waals surface area contributed by atoms with E-state index in [2.05, 4.69) is 42.5 Å². The summed E-state index contributed by atoms with van der Waals surface area (Å²) in [6, 6.07) is 28.3. The van der Waals surface area contributed by atoms with E-state index in [4.69, 9.17) is 4.42 Å². The molecule has 0 spiro atoms. The molecule has 0 aliphatic heterocycles.